The molecule has 0 fully saturated rings. The highest BCUT2D eigenvalue weighted by Gasteiger charge is 1.73. The summed E-state index contributed by atoms with van der Waals surface area (Å²) in [5.74, 6) is 0. The third kappa shape index (κ3) is 9.44. The van der Waals surface area contributed by atoms with Crippen molar-refractivity contribution in [1.82, 2.24) is 0 Å². The number of hydrogen-bond donors (Lipinski definition) is 1. The lowest BCUT2D eigenvalue weighted by atomic mass is 10.2. The van der Waals surface area contributed by atoms with Gasteiger partial charge in [0, 0.05) is 0 Å². The smallest absolute Gasteiger partial charge is 0.00426 e. The molecule has 0 aliphatic carbocycles. The summed E-state index contributed by atoms with van der Waals surface area (Å²) in [6, 6.07) is 0. The molecule has 64 valence electrons. The van der Waals surface area contributed by atoms with Gasteiger partial charge >= 0.3 is 0 Å². The fraction of sp³-hybridized carbons (Fsp3) is 0.600. The van der Waals surface area contributed by atoms with E-state index in [9.17, 15) is 0 Å². The molecule has 0 aliphatic rings. The Morgan fingerprint density at radius 2 is 1.64 bits per heavy atom. The van der Waals surface area contributed by atoms with Crippen molar-refractivity contribution in [3.8, 4) is 0 Å². The third-order valence-electron chi connectivity index (χ3n) is 1.39. The molecule has 0 rings (SSSR count). The Labute approximate surface area is 70.0 Å². The average Bonchev–Trinajstić information content (AvgIpc) is 2.03. The Morgan fingerprint density at radius 3 is 2.18 bits per heavy atom. The van der Waals surface area contributed by atoms with Crippen LogP contribution in [0.2, 0.25) is 0 Å². The minimum Gasteiger partial charge on any atom is -0.330 e. The SMILES string of the molecule is CCC/C=C\C/C=C\CCN. The molecule has 0 bridgehead atoms. The summed E-state index contributed by atoms with van der Waals surface area (Å²) in [6.07, 6.45) is 13.2. The number of unbranched alkanes of at least 4 members (excludes halogenated alkanes) is 1. The molecule has 11 heavy (non-hydrogen) atoms. The third-order valence-corrected chi connectivity index (χ3v) is 1.39. The molecule has 0 saturated carbocycles. The van der Waals surface area contributed by atoms with Crippen LogP contribution < -0.4 is 5.73 Å². The summed E-state index contributed by atoms with van der Waals surface area (Å²) in [5.41, 5.74) is 5.32. The van der Waals surface area contributed by atoms with Gasteiger partial charge in [-0.25, -0.2) is 0 Å². The second-order valence-electron chi connectivity index (χ2n) is 2.54. The van der Waals surface area contributed by atoms with E-state index in [1.54, 1.807) is 0 Å². The number of rotatable bonds is 6. The van der Waals surface area contributed by atoms with E-state index in [2.05, 4.69) is 31.2 Å². The van der Waals surface area contributed by atoms with Crippen molar-refractivity contribution in [2.24, 2.45) is 5.73 Å². The summed E-state index contributed by atoms with van der Waals surface area (Å²) < 4.78 is 0. The molecule has 0 saturated heterocycles. The summed E-state index contributed by atoms with van der Waals surface area (Å²) in [6.45, 7) is 2.95. The molecule has 0 aromatic rings. The van der Waals surface area contributed by atoms with E-state index < -0.39 is 0 Å². The second-order valence-corrected chi connectivity index (χ2v) is 2.54. The van der Waals surface area contributed by atoms with Crippen molar-refractivity contribution in [3.05, 3.63) is 24.3 Å². The van der Waals surface area contributed by atoms with Crippen LogP contribution in [-0.4, -0.2) is 6.54 Å². The first-order valence-corrected chi connectivity index (χ1v) is 4.42. The van der Waals surface area contributed by atoms with Gasteiger partial charge in [-0.2, -0.15) is 0 Å². The van der Waals surface area contributed by atoms with Gasteiger partial charge in [0.1, 0.15) is 0 Å². The molecule has 0 heterocycles. The van der Waals surface area contributed by atoms with E-state index in [1.807, 2.05) is 0 Å². The Hall–Kier alpha value is -0.560. The molecule has 0 spiro atoms. The molecular weight excluding hydrogens is 134 g/mol. The van der Waals surface area contributed by atoms with E-state index in [0.717, 1.165) is 19.4 Å². The van der Waals surface area contributed by atoms with Gasteiger partial charge < -0.3 is 5.73 Å². The highest BCUT2D eigenvalue weighted by Crippen LogP contribution is 1.92. The predicted molar refractivity (Wildman–Crippen MR) is 51.5 cm³/mol. The van der Waals surface area contributed by atoms with Gasteiger partial charge in [0.2, 0.25) is 0 Å². The molecule has 0 aromatic carbocycles. The average molecular weight is 153 g/mol. The standard InChI is InChI=1S/C10H19N/c1-2-3-4-5-6-7-8-9-10-11/h4-5,7-8H,2-3,6,9-11H2,1H3/b5-4-,8-7-. The van der Waals surface area contributed by atoms with Crippen LogP contribution in [-0.2, 0) is 0 Å². The van der Waals surface area contributed by atoms with Crippen LogP contribution in [0, 0.1) is 0 Å². The molecule has 1 nitrogen and oxygen atoms in total. The summed E-state index contributed by atoms with van der Waals surface area (Å²) in [4.78, 5) is 0. The Morgan fingerprint density at radius 1 is 1.00 bits per heavy atom. The van der Waals surface area contributed by atoms with Crippen LogP contribution in [0.5, 0.6) is 0 Å². The molecule has 0 aliphatic heterocycles. The fourth-order valence-corrected chi connectivity index (χ4v) is 0.770. The van der Waals surface area contributed by atoms with Gasteiger partial charge in [0.15, 0.2) is 0 Å². The maximum Gasteiger partial charge on any atom is -0.00426 e. The fourth-order valence-electron chi connectivity index (χ4n) is 0.770. The highest BCUT2D eigenvalue weighted by atomic mass is 14.5. The summed E-state index contributed by atoms with van der Waals surface area (Å²) in [7, 11) is 0. The van der Waals surface area contributed by atoms with Crippen molar-refractivity contribution in [2.75, 3.05) is 6.54 Å². The first kappa shape index (κ1) is 10.4. The predicted octanol–water partition coefficient (Wildman–Crippen LogP) is 2.64. The van der Waals surface area contributed by atoms with Gasteiger partial charge in [-0.3, -0.25) is 0 Å². The zero-order chi connectivity index (χ0) is 8.36. The Balaban J connectivity index is 3.11. The number of nitrogens with two attached hydrogens (primary N) is 1. The van der Waals surface area contributed by atoms with Crippen LogP contribution in [0.1, 0.15) is 32.6 Å². The maximum atomic E-state index is 5.32. The van der Waals surface area contributed by atoms with E-state index >= 15 is 0 Å². The van der Waals surface area contributed by atoms with Crippen molar-refractivity contribution in [3.63, 3.8) is 0 Å². The normalized spacial score (nSPS) is 11.8. The van der Waals surface area contributed by atoms with Gasteiger partial charge in [0.25, 0.3) is 0 Å². The molecule has 0 amide bonds. The molecule has 2 N–H and O–H groups in total. The van der Waals surface area contributed by atoms with Crippen molar-refractivity contribution in [1.29, 1.82) is 0 Å². The van der Waals surface area contributed by atoms with Crippen LogP contribution in [0.15, 0.2) is 24.3 Å². The monoisotopic (exact) mass is 153 g/mol. The quantitative estimate of drug-likeness (QED) is 0.583. The van der Waals surface area contributed by atoms with E-state index in [0.29, 0.717) is 0 Å². The molecule has 0 aromatic heterocycles. The lowest BCUT2D eigenvalue weighted by Gasteiger charge is -1.85. The highest BCUT2D eigenvalue weighted by molar-refractivity contribution is 4.92. The van der Waals surface area contributed by atoms with Gasteiger partial charge in [-0.05, 0) is 25.8 Å². The van der Waals surface area contributed by atoms with Gasteiger partial charge in [-0.1, -0.05) is 37.6 Å². The van der Waals surface area contributed by atoms with Crippen LogP contribution >= 0.6 is 0 Å². The minimum atomic E-state index is 0.759. The zero-order valence-corrected chi connectivity index (χ0v) is 7.42. The summed E-state index contributed by atoms with van der Waals surface area (Å²) in [5, 5.41) is 0. The molecule has 0 radical (unpaired) electrons. The van der Waals surface area contributed by atoms with Crippen molar-refractivity contribution < 1.29 is 0 Å². The van der Waals surface area contributed by atoms with E-state index in [-0.39, 0.29) is 0 Å². The van der Waals surface area contributed by atoms with Crippen LogP contribution in [0.3, 0.4) is 0 Å². The summed E-state index contributed by atoms with van der Waals surface area (Å²) >= 11 is 0. The maximum absolute atomic E-state index is 5.32. The van der Waals surface area contributed by atoms with Crippen molar-refractivity contribution >= 4 is 0 Å². The Kier molecular flexibility index (Phi) is 8.96. The Bertz CT molecular complexity index is 100. The van der Waals surface area contributed by atoms with Gasteiger partial charge in [-0.15, -0.1) is 0 Å². The van der Waals surface area contributed by atoms with Gasteiger partial charge in [0.05, 0.1) is 0 Å². The number of hydrogen-bond acceptors (Lipinski definition) is 1. The van der Waals surface area contributed by atoms with Crippen LogP contribution in [0.4, 0.5) is 0 Å². The molecular formula is C10H19N. The first-order valence-electron chi connectivity index (χ1n) is 4.42. The largest absolute Gasteiger partial charge is 0.330 e. The van der Waals surface area contributed by atoms with Crippen LogP contribution in [0.25, 0.3) is 0 Å². The van der Waals surface area contributed by atoms with Crippen molar-refractivity contribution in [2.45, 2.75) is 32.6 Å². The van der Waals surface area contributed by atoms with E-state index in [4.69, 9.17) is 5.73 Å². The lowest BCUT2D eigenvalue weighted by molar-refractivity contribution is 0.954. The topological polar surface area (TPSA) is 26.0 Å². The molecule has 0 unspecified atom stereocenters. The minimum absolute atomic E-state index is 0.759. The second kappa shape index (κ2) is 9.44. The molecule has 1 heteroatoms. The molecule has 0 atom stereocenters. The number of allylic oxidation sites excluding steroid dienone is 3. The lowest BCUT2D eigenvalue weighted by Crippen LogP contribution is -1.94. The first-order chi connectivity index (χ1) is 5.41. The zero-order valence-electron chi connectivity index (χ0n) is 7.42. The van der Waals surface area contributed by atoms with E-state index in [1.165, 1.54) is 12.8 Å².